The predicted octanol–water partition coefficient (Wildman–Crippen LogP) is 3.65. The molecule has 0 saturated heterocycles. The minimum atomic E-state index is -0.273. The lowest BCUT2D eigenvalue weighted by Gasteiger charge is -2.21. The van der Waals surface area contributed by atoms with Crippen LogP contribution in [-0.2, 0) is 0 Å². The second-order valence-electron chi connectivity index (χ2n) is 7.53. The monoisotopic (exact) mass is 538 g/mol. The summed E-state index contributed by atoms with van der Waals surface area (Å²) in [5.74, 6) is 9.38. The van der Waals surface area contributed by atoms with Crippen molar-refractivity contribution >= 4 is 70.6 Å². The molecule has 10 heteroatoms. The molecule has 30 heavy (non-hydrogen) atoms. The molecule has 0 aromatic carbocycles. The summed E-state index contributed by atoms with van der Waals surface area (Å²) in [5, 5.41) is 39.1. The lowest BCUT2D eigenvalue weighted by atomic mass is 10.5. The van der Waals surface area contributed by atoms with Crippen molar-refractivity contribution in [3.8, 4) is 0 Å². The second-order valence-corrected chi connectivity index (χ2v) is 14.6. The van der Waals surface area contributed by atoms with Crippen molar-refractivity contribution in [3.63, 3.8) is 0 Å². The molecule has 5 unspecified atom stereocenters. The van der Waals surface area contributed by atoms with Gasteiger partial charge in [-0.15, -0.1) is 0 Å². The highest BCUT2D eigenvalue weighted by atomic mass is 32.2. The average molecular weight is 539 g/mol. The molecule has 4 nitrogen and oxygen atoms in total. The third kappa shape index (κ3) is 23.1. The molecule has 0 aliphatic heterocycles. The molecule has 182 valence electrons. The van der Waals surface area contributed by atoms with Gasteiger partial charge in [-0.05, 0) is 27.7 Å². The van der Waals surface area contributed by atoms with Crippen LogP contribution in [0.3, 0.4) is 0 Å². The Kier molecular flexibility index (Phi) is 22.9. The molecule has 5 atom stereocenters. The van der Waals surface area contributed by atoms with E-state index < -0.39 is 0 Å². The van der Waals surface area contributed by atoms with E-state index >= 15 is 0 Å². The van der Waals surface area contributed by atoms with Crippen molar-refractivity contribution in [2.45, 2.75) is 62.6 Å². The van der Waals surface area contributed by atoms with E-state index in [0.29, 0.717) is 10.5 Å². The Hall–Kier alpha value is 1.94. The van der Waals surface area contributed by atoms with Crippen LogP contribution in [0.5, 0.6) is 0 Å². The van der Waals surface area contributed by atoms with Crippen LogP contribution in [0.2, 0.25) is 0 Å². The number of hydrogen-bond acceptors (Lipinski definition) is 10. The van der Waals surface area contributed by atoms with Gasteiger partial charge in [-0.1, -0.05) is 0 Å². The first kappa shape index (κ1) is 31.9. The number of hydrogen-bond donors (Lipinski definition) is 4. The summed E-state index contributed by atoms with van der Waals surface area (Å²) < 4.78 is 0. The van der Waals surface area contributed by atoms with Gasteiger partial charge in [-0.3, -0.25) is 0 Å². The fraction of sp³-hybridized carbons (Fsp3) is 1.00. The van der Waals surface area contributed by atoms with Crippen molar-refractivity contribution in [1.29, 1.82) is 0 Å². The topological polar surface area (TPSA) is 80.9 Å². The predicted molar refractivity (Wildman–Crippen MR) is 149 cm³/mol. The molecule has 0 spiro atoms. The van der Waals surface area contributed by atoms with Gasteiger partial charge in [0.1, 0.15) is 0 Å². The summed E-state index contributed by atoms with van der Waals surface area (Å²) in [4.78, 5) is 0. The van der Waals surface area contributed by atoms with Crippen LogP contribution in [0.25, 0.3) is 0 Å². The van der Waals surface area contributed by atoms with Gasteiger partial charge in [-0.25, -0.2) is 0 Å². The number of rotatable bonds is 21. The van der Waals surface area contributed by atoms with Gasteiger partial charge in [-0.2, -0.15) is 70.6 Å². The summed E-state index contributed by atoms with van der Waals surface area (Å²) in [6, 6.07) is 0. The van der Waals surface area contributed by atoms with Crippen LogP contribution in [0.4, 0.5) is 0 Å². The van der Waals surface area contributed by atoms with Crippen LogP contribution in [0.15, 0.2) is 0 Å². The zero-order valence-corrected chi connectivity index (χ0v) is 23.7. The second kappa shape index (κ2) is 21.5. The standard InChI is InChI=1S/C20H42O4S6/c1-15(21)7-25-5-6-29-20(13-28-10-18(4)24)14-30-19(11-26-8-16(2)22)12-27-9-17(3)23/h15-24H,5-14H2,1-4H3. The summed E-state index contributed by atoms with van der Waals surface area (Å²) in [5.41, 5.74) is 0. The Balaban J connectivity index is 4.50. The van der Waals surface area contributed by atoms with Crippen molar-refractivity contribution in [2.75, 3.05) is 57.5 Å². The molecule has 0 rings (SSSR count). The van der Waals surface area contributed by atoms with Gasteiger partial charge in [0.2, 0.25) is 0 Å². The first-order valence-electron chi connectivity index (χ1n) is 10.5. The molecule has 4 N–H and O–H groups in total. The third-order valence-electron chi connectivity index (χ3n) is 3.45. The maximum atomic E-state index is 9.56. The lowest BCUT2D eigenvalue weighted by Crippen LogP contribution is -2.20. The van der Waals surface area contributed by atoms with Crippen LogP contribution in [-0.4, -0.2) is 113 Å². The van der Waals surface area contributed by atoms with E-state index in [0.717, 1.165) is 57.5 Å². The Bertz CT molecular complexity index is 361. The lowest BCUT2D eigenvalue weighted by molar-refractivity contribution is 0.220. The van der Waals surface area contributed by atoms with E-state index in [9.17, 15) is 20.4 Å². The maximum Gasteiger partial charge on any atom is 0.0602 e. The van der Waals surface area contributed by atoms with Gasteiger partial charge in [0.05, 0.1) is 24.4 Å². The highest BCUT2D eigenvalue weighted by molar-refractivity contribution is 8.07. The van der Waals surface area contributed by atoms with Crippen molar-refractivity contribution in [3.05, 3.63) is 0 Å². The van der Waals surface area contributed by atoms with Gasteiger partial charge < -0.3 is 20.4 Å². The zero-order valence-electron chi connectivity index (χ0n) is 18.8. The smallest absolute Gasteiger partial charge is 0.0602 e. The minimum Gasteiger partial charge on any atom is -0.393 e. The molecule has 0 aliphatic rings. The van der Waals surface area contributed by atoms with E-state index in [-0.39, 0.29) is 24.4 Å². The van der Waals surface area contributed by atoms with Crippen molar-refractivity contribution in [1.82, 2.24) is 0 Å². The van der Waals surface area contributed by atoms with E-state index in [1.165, 1.54) is 0 Å². The summed E-state index contributed by atoms with van der Waals surface area (Å²) >= 11 is 11.3. The van der Waals surface area contributed by atoms with Crippen LogP contribution in [0, 0.1) is 0 Å². The Morgan fingerprint density at radius 2 is 0.800 bits per heavy atom. The molecule has 0 aromatic rings. The van der Waals surface area contributed by atoms with Crippen LogP contribution in [0.1, 0.15) is 27.7 Å². The number of aliphatic hydroxyl groups is 4. The first-order valence-corrected chi connectivity index (χ1v) is 17.2. The molecule has 0 amide bonds. The largest absolute Gasteiger partial charge is 0.393 e. The van der Waals surface area contributed by atoms with E-state index in [4.69, 9.17) is 0 Å². The Morgan fingerprint density at radius 3 is 1.20 bits per heavy atom. The van der Waals surface area contributed by atoms with Crippen LogP contribution < -0.4 is 0 Å². The molecule has 0 fully saturated rings. The molecular formula is C20H42O4S6. The first-order chi connectivity index (χ1) is 14.2. The molecule has 0 bridgehead atoms. The number of aliphatic hydroxyl groups excluding tert-OH is 4. The Morgan fingerprint density at radius 1 is 0.433 bits per heavy atom. The van der Waals surface area contributed by atoms with Gasteiger partial charge in [0.15, 0.2) is 0 Å². The maximum absolute atomic E-state index is 9.56. The average Bonchev–Trinajstić information content (AvgIpc) is 2.63. The van der Waals surface area contributed by atoms with Gasteiger partial charge >= 0.3 is 0 Å². The van der Waals surface area contributed by atoms with E-state index in [1.807, 2.05) is 86.5 Å². The fourth-order valence-electron chi connectivity index (χ4n) is 2.17. The minimum absolute atomic E-state index is 0.244. The van der Waals surface area contributed by atoms with Crippen LogP contribution >= 0.6 is 70.6 Å². The van der Waals surface area contributed by atoms with E-state index in [1.54, 1.807) is 11.8 Å². The SMILES string of the molecule is CC(O)CSCCSC(CSCC(C)O)CSC(CSCC(C)O)CSCC(C)O. The van der Waals surface area contributed by atoms with E-state index in [2.05, 4.69) is 0 Å². The van der Waals surface area contributed by atoms with Gasteiger partial charge in [0, 0.05) is 68.0 Å². The molecule has 0 saturated carbocycles. The highest BCUT2D eigenvalue weighted by Gasteiger charge is 2.17. The molecular weight excluding hydrogens is 497 g/mol. The third-order valence-corrected chi connectivity index (χ3v) is 12.5. The normalized spacial score (nSPS) is 18.0. The summed E-state index contributed by atoms with van der Waals surface area (Å²) in [6.07, 6.45) is -1.06. The molecule has 0 aliphatic carbocycles. The summed E-state index contributed by atoms with van der Waals surface area (Å²) in [7, 11) is 0. The quantitative estimate of drug-likeness (QED) is 0.163. The van der Waals surface area contributed by atoms with Gasteiger partial charge in [0.25, 0.3) is 0 Å². The zero-order chi connectivity index (χ0) is 22.8. The molecule has 0 heterocycles. The fourth-order valence-corrected chi connectivity index (χ4v) is 9.99. The summed E-state index contributed by atoms with van der Waals surface area (Å²) in [6.45, 7) is 7.33. The number of thioether (sulfide) groups is 6. The van der Waals surface area contributed by atoms with Crippen molar-refractivity contribution < 1.29 is 20.4 Å². The Labute approximate surface area is 210 Å². The highest BCUT2D eigenvalue weighted by Crippen LogP contribution is 2.28. The van der Waals surface area contributed by atoms with Crippen molar-refractivity contribution in [2.24, 2.45) is 0 Å². The molecule has 0 aromatic heterocycles. The molecule has 0 radical (unpaired) electrons.